The van der Waals surface area contributed by atoms with Crippen LogP contribution in [-0.2, 0) is 14.3 Å². The van der Waals surface area contributed by atoms with Gasteiger partial charge in [-0.1, -0.05) is 60.0 Å². The van der Waals surface area contributed by atoms with E-state index >= 15 is 0 Å². The zero-order chi connectivity index (χ0) is 32.1. The Hall–Kier alpha value is -4.66. The summed E-state index contributed by atoms with van der Waals surface area (Å²) in [6.07, 6.45) is -2.64. The quantitative estimate of drug-likeness (QED) is 0.166. The van der Waals surface area contributed by atoms with Crippen LogP contribution in [0.5, 0.6) is 5.75 Å². The van der Waals surface area contributed by atoms with Crippen molar-refractivity contribution in [3.8, 4) is 5.75 Å². The number of benzene rings is 3. The molecule has 0 heterocycles. The molecule has 0 bridgehead atoms. The van der Waals surface area contributed by atoms with Gasteiger partial charge in [-0.2, -0.15) is 0 Å². The van der Waals surface area contributed by atoms with Gasteiger partial charge in [0.2, 0.25) is 0 Å². The molecule has 0 N–H and O–H groups in total. The van der Waals surface area contributed by atoms with Gasteiger partial charge in [0.1, 0.15) is 5.75 Å². The zero-order valence-corrected chi connectivity index (χ0v) is 26.3. The molecule has 3 aromatic carbocycles. The van der Waals surface area contributed by atoms with Crippen molar-refractivity contribution in [1.82, 2.24) is 10.0 Å². The first-order chi connectivity index (χ1) is 20.2. The van der Waals surface area contributed by atoms with Crippen molar-refractivity contribution in [2.75, 3.05) is 7.11 Å². The van der Waals surface area contributed by atoms with Gasteiger partial charge >= 0.3 is 12.1 Å². The Morgan fingerprint density at radius 1 is 0.791 bits per heavy atom. The fraction of sp³-hybridized carbons (Fsp3) is 0.353. The fourth-order valence-corrected chi connectivity index (χ4v) is 4.58. The molecule has 0 aliphatic carbocycles. The SMILES string of the molecule is CCC(=O)OC(OC(=O)N(C(=O)c1cccc(OC)c1C)N(C(=O)c1cc(C)cc(C)c1)C(C)(C)C)c1ccc(C)cc1. The number of esters is 1. The molecule has 3 rings (SSSR count). The Morgan fingerprint density at radius 3 is 1.93 bits per heavy atom. The summed E-state index contributed by atoms with van der Waals surface area (Å²) in [5, 5.41) is 1.77. The van der Waals surface area contributed by atoms with Gasteiger partial charge < -0.3 is 14.2 Å². The highest BCUT2D eigenvalue weighted by molar-refractivity contribution is 6.07. The van der Waals surface area contributed by atoms with Crippen molar-refractivity contribution in [3.05, 3.63) is 99.6 Å². The molecular weight excluding hydrogens is 548 g/mol. The summed E-state index contributed by atoms with van der Waals surface area (Å²) in [5.74, 6) is -1.60. The molecule has 0 saturated heterocycles. The maximum absolute atomic E-state index is 14.3. The number of aryl methyl sites for hydroxylation is 3. The van der Waals surface area contributed by atoms with Crippen LogP contribution in [0.1, 0.15) is 88.9 Å². The summed E-state index contributed by atoms with van der Waals surface area (Å²) in [6, 6.07) is 17.0. The number of rotatable bonds is 7. The Kier molecular flexibility index (Phi) is 10.3. The van der Waals surface area contributed by atoms with Gasteiger partial charge in [-0.15, -0.1) is 5.01 Å². The lowest BCUT2D eigenvalue weighted by molar-refractivity contribution is -0.172. The molecule has 0 aliphatic rings. The molecule has 0 fully saturated rings. The molecule has 43 heavy (non-hydrogen) atoms. The zero-order valence-electron chi connectivity index (χ0n) is 26.3. The van der Waals surface area contributed by atoms with E-state index in [2.05, 4.69) is 0 Å². The number of ether oxygens (including phenoxy) is 3. The van der Waals surface area contributed by atoms with Gasteiger partial charge in [0.05, 0.1) is 12.6 Å². The number of hydrazine groups is 1. The molecule has 3 aromatic rings. The molecule has 0 spiro atoms. The van der Waals surface area contributed by atoms with E-state index in [-0.39, 0.29) is 17.5 Å². The van der Waals surface area contributed by atoms with Crippen molar-refractivity contribution in [3.63, 3.8) is 0 Å². The normalized spacial score (nSPS) is 11.7. The van der Waals surface area contributed by atoms with Crippen molar-refractivity contribution >= 4 is 23.9 Å². The van der Waals surface area contributed by atoms with Gasteiger partial charge in [0.25, 0.3) is 18.1 Å². The molecule has 228 valence electrons. The molecule has 0 aliphatic heterocycles. The molecule has 9 nitrogen and oxygen atoms in total. The van der Waals surface area contributed by atoms with Gasteiger partial charge in [0.15, 0.2) is 0 Å². The van der Waals surface area contributed by atoms with E-state index in [1.165, 1.54) is 13.2 Å². The molecular formula is C34H40N2O7. The molecule has 3 amide bonds. The predicted octanol–water partition coefficient (Wildman–Crippen LogP) is 7.02. The number of amides is 3. The highest BCUT2D eigenvalue weighted by Gasteiger charge is 2.42. The van der Waals surface area contributed by atoms with Crippen LogP contribution in [0.4, 0.5) is 4.79 Å². The second-order valence-corrected chi connectivity index (χ2v) is 11.4. The molecule has 0 radical (unpaired) electrons. The number of methoxy groups -OCH3 is 1. The largest absolute Gasteiger partial charge is 0.496 e. The first-order valence-corrected chi connectivity index (χ1v) is 14.0. The topological polar surface area (TPSA) is 102 Å². The minimum atomic E-state index is -1.47. The Morgan fingerprint density at radius 2 is 1.40 bits per heavy atom. The lowest BCUT2D eigenvalue weighted by Gasteiger charge is -2.42. The average Bonchev–Trinajstić information content (AvgIpc) is 2.94. The monoisotopic (exact) mass is 588 g/mol. The Labute approximate surface area is 253 Å². The number of hydrogen-bond acceptors (Lipinski definition) is 7. The Bertz CT molecular complexity index is 1490. The first-order valence-electron chi connectivity index (χ1n) is 14.0. The van der Waals surface area contributed by atoms with E-state index in [0.717, 1.165) is 21.7 Å². The van der Waals surface area contributed by atoms with Crippen LogP contribution in [0, 0.1) is 27.7 Å². The van der Waals surface area contributed by atoms with Gasteiger partial charge in [-0.05, 0) is 72.7 Å². The van der Waals surface area contributed by atoms with Crippen LogP contribution >= 0.6 is 0 Å². The fourth-order valence-electron chi connectivity index (χ4n) is 4.58. The highest BCUT2D eigenvalue weighted by atomic mass is 16.7. The molecule has 1 atom stereocenters. The second-order valence-electron chi connectivity index (χ2n) is 11.4. The molecule has 9 heteroatoms. The lowest BCUT2D eigenvalue weighted by atomic mass is 10.0. The third kappa shape index (κ3) is 7.80. The van der Waals surface area contributed by atoms with Gasteiger partial charge in [-0.25, -0.2) is 9.80 Å². The van der Waals surface area contributed by atoms with Crippen LogP contribution in [0.25, 0.3) is 0 Å². The van der Waals surface area contributed by atoms with E-state index in [9.17, 15) is 19.2 Å². The van der Waals surface area contributed by atoms with Gasteiger partial charge in [-0.3, -0.25) is 14.4 Å². The number of nitrogens with zero attached hydrogens (tertiary/aromatic N) is 2. The first kappa shape index (κ1) is 32.8. The van der Waals surface area contributed by atoms with E-state index in [0.29, 0.717) is 21.9 Å². The minimum absolute atomic E-state index is 0.0326. The number of imide groups is 1. The van der Waals surface area contributed by atoms with Crippen molar-refractivity contribution in [1.29, 1.82) is 0 Å². The number of carbonyl (C=O) groups is 4. The minimum Gasteiger partial charge on any atom is -0.496 e. The van der Waals surface area contributed by atoms with Crippen LogP contribution in [0.2, 0.25) is 0 Å². The van der Waals surface area contributed by atoms with Crippen molar-refractivity contribution in [2.45, 2.75) is 73.6 Å². The van der Waals surface area contributed by atoms with Crippen molar-refractivity contribution < 1.29 is 33.4 Å². The third-order valence-electron chi connectivity index (χ3n) is 6.68. The smallest absolute Gasteiger partial charge is 0.439 e. The van der Waals surface area contributed by atoms with Crippen molar-refractivity contribution in [2.24, 2.45) is 0 Å². The number of hydrogen-bond donors (Lipinski definition) is 0. The van der Waals surface area contributed by atoms with Crippen LogP contribution in [-0.4, -0.2) is 46.5 Å². The second kappa shape index (κ2) is 13.5. The van der Waals surface area contributed by atoms with E-state index in [1.54, 1.807) is 83.1 Å². The van der Waals surface area contributed by atoms with Crippen LogP contribution in [0.15, 0.2) is 60.7 Å². The molecule has 0 aromatic heterocycles. The van der Waals surface area contributed by atoms with E-state index in [1.807, 2.05) is 26.8 Å². The van der Waals surface area contributed by atoms with E-state index < -0.39 is 35.7 Å². The summed E-state index contributed by atoms with van der Waals surface area (Å²) in [7, 11) is 1.47. The summed E-state index contributed by atoms with van der Waals surface area (Å²) >= 11 is 0. The number of carbonyl (C=O) groups excluding carboxylic acids is 4. The average molecular weight is 589 g/mol. The molecule has 1 unspecified atom stereocenters. The summed E-state index contributed by atoms with van der Waals surface area (Å²) in [6.45, 7) is 14.0. The lowest BCUT2D eigenvalue weighted by Crippen LogP contribution is -2.60. The van der Waals surface area contributed by atoms with Gasteiger partial charge in [0, 0.05) is 28.7 Å². The van der Waals surface area contributed by atoms with Crippen LogP contribution < -0.4 is 4.74 Å². The molecule has 0 saturated carbocycles. The maximum atomic E-state index is 14.3. The maximum Gasteiger partial charge on any atom is 0.439 e. The summed E-state index contributed by atoms with van der Waals surface area (Å²) < 4.78 is 16.7. The Balaban J connectivity index is 2.21. The summed E-state index contributed by atoms with van der Waals surface area (Å²) in [5.41, 5.74) is 2.79. The van der Waals surface area contributed by atoms with E-state index in [4.69, 9.17) is 14.2 Å². The van der Waals surface area contributed by atoms with Crippen LogP contribution in [0.3, 0.4) is 0 Å². The highest BCUT2D eigenvalue weighted by Crippen LogP contribution is 2.29. The predicted molar refractivity (Wildman–Crippen MR) is 163 cm³/mol. The summed E-state index contributed by atoms with van der Waals surface area (Å²) in [4.78, 5) is 55.1. The third-order valence-corrected chi connectivity index (χ3v) is 6.68. The standard InChI is InChI=1S/C34H40N2O7/c1-10-29(37)42-32(25-16-14-21(2)15-17-25)43-33(40)35(31(39)27-12-11-13-28(41-9)24(27)5)36(34(6,7)8)30(38)26-19-22(3)18-23(4)20-26/h11-20,32H,10H2,1-9H3.